The maximum absolute atomic E-state index is 6.97. The molecule has 7 aromatic carbocycles. The molecule has 2 nitrogen and oxygen atoms in total. The molecular weight excluding hydrogens is 555 g/mol. The number of hydrogen-bond acceptors (Lipinski definition) is 3. The third-order valence-corrected chi connectivity index (χ3v) is 10.2. The number of nitrogens with zero attached hydrogens (tertiary/aromatic N) is 1. The Balaban J connectivity index is 1.42. The Kier molecular flexibility index (Phi) is 4.90. The van der Waals surface area contributed by atoms with E-state index in [9.17, 15) is 0 Å². The van der Waals surface area contributed by atoms with Gasteiger partial charge in [0.1, 0.15) is 11.3 Å². The van der Waals surface area contributed by atoms with Gasteiger partial charge in [-0.3, -0.25) is 0 Å². The molecule has 0 atom stereocenters. The van der Waals surface area contributed by atoms with E-state index in [2.05, 4.69) is 133 Å². The van der Waals surface area contributed by atoms with Gasteiger partial charge in [0.05, 0.1) is 16.8 Å². The molecule has 3 heterocycles. The summed E-state index contributed by atoms with van der Waals surface area (Å²) >= 11 is 1.86. The highest BCUT2D eigenvalue weighted by Gasteiger charge is 2.27. The molecule has 8 aromatic rings. The SMILES string of the molecule is c1ccc2c3c(-c4c5ccccc5c(-c5cccc6sc7ccccc7c56)c5ccccc45)oc4ccccc4c-3nc2c1. The lowest BCUT2D eigenvalue weighted by molar-refractivity contribution is 0.623. The summed E-state index contributed by atoms with van der Waals surface area (Å²) in [5.41, 5.74) is 7.50. The quantitative estimate of drug-likeness (QED) is 0.191. The van der Waals surface area contributed by atoms with Crippen molar-refractivity contribution in [3.05, 3.63) is 140 Å². The van der Waals surface area contributed by atoms with Crippen molar-refractivity contribution in [2.24, 2.45) is 0 Å². The van der Waals surface area contributed by atoms with Crippen LogP contribution in [0.25, 0.3) is 97.3 Å². The molecule has 0 saturated carbocycles. The summed E-state index contributed by atoms with van der Waals surface area (Å²) in [4.78, 5) is 5.15. The lowest BCUT2D eigenvalue weighted by Gasteiger charge is -2.19. The van der Waals surface area contributed by atoms with Crippen LogP contribution in [0.15, 0.2) is 144 Å². The van der Waals surface area contributed by atoms with Gasteiger partial charge in [-0.2, -0.15) is 0 Å². The van der Waals surface area contributed by atoms with Crippen LogP contribution in [0.5, 0.6) is 0 Å². The van der Waals surface area contributed by atoms with E-state index in [-0.39, 0.29) is 0 Å². The molecule has 0 saturated heterocycles. The van der Waals surface area contributed by atoms with E-state index >= 15 is 0 Å². The van der Waals surface area contributed by atoms with Crippen LogP contribution in [0.1, 0.15) is 0 Å². The first-order valence-corrected chi connectivity index (χ1v) is 15.7. The summed E-state index contributed by atoms with van der Waals surface area (Å²) in [7, 11) is 0. The van der Waals surface area contributed by atoms with E-state index in [0.717, 1.165) is 44.5 Å². The molecule has 0 aliphatic carbocycles. The van der Waals surface area contributed by atoms with Gasteiger partial charge in [-0.1, -0.05) is 109 Å². The molecule has 0 fully saturated rings. The molecular formula is C41H23NOS. The second-order valence-electron chi connectivity index (χ2n) is 11.4. The van der Waals surface area contributed by atoms with E-state index in [4.69, 9.17) is 9.40 Å². The number of aromatic nitrogens is 1. The minimum Gasteiger partial charge on any atom is -0.455 e. The summed E-state index contributed by atoms with van der Waals surface area (Å²) in [5, 5.41) is 9.53. The third kappa shape index (κ3) is 3.22. The topological polar surface area (TPSA) is 26.0 Å². The van der Waals surface area contributed by atoms with E-state index in [1.54, 1.807) is 0 Å². The molecule has 0 amide bonds. The Bertz CT molecular complexity index is 2670. The molecule has 0 spiro atoms. The van der Waals surface area contributed by atoms with E-state index in [0.29, 0.717) is 0 Å². The van der Waals surface area contributed by atoms with Crippen LogP contribution < -0.4 is 0 Å². The zero-order chi connectivity index (χ0) is 28.8. The summed E-state index contributed by atoms with van der Waals surface area (Å²) in [6.45, 7) is 0. The first-order chi connectivity index (χ1) is 21.8. The predicted molar refractivity (Wildman–Crippen MR) is 187 cm³/mol. The van der Waals surface area contributed by atoms with Gasteiger partial charge in [0.2, 0.25) is 0 Å². The minimum absolute atomic E-state index is 0.838. The molecule has 44 heavy (non-hydrogen) atoms. The number of rotatable bonds is 2. The third-order valence-electron chi connectivity index (χ3n) is 9.05. The molecule has 204 valence electrons. The Morgan fingerprint density at radius 1 is 0.432 bits per heavy atom. The smallest absolute Gasteiger partial charge is 0.146 e. The van der Waals surface area contributed by atoms with Crippen LogP contribution in [0.3, 0.4) is 0 Å². The Labute approximate surface area is 256 Å². The van der Waals surface area contributed by atoms with E-state index in [1.807, 2.05) is 17.4 Å². The molecule has 0 radical (unpaired) electrons. The fraction of sp³-hybridized carbons (Fsp3) is 0. The fourth-order valence-corrected chi connectivity index (χ4v) is 8.38. The summed E-state index contributed by atoms with van der Waals surface area (Å²) in [6, 6.07) is 49.8. The summed E-state index contributed by atoms with van der Waals surface area (Å²) in [5.74, 6) is 0.866. The predicted octanol–water partition coefficient (Wildman–Crippen LogP) is 12.1. The molecule has 1 aromatic heterocycles. The fourth-order valence-electron chi connectivity index (χ4n) is 7.25. The number of fused-ring (bicyclic) bond motifs is 10. The Morgan fingerprint density at radius 3 is 1.75 bits per heavy atom. The van der Waals surface area contributed by atoms with Gasteiger partial charge < -0.3 is 4.42 Å². The molecule has 0 N–H and O–H groups in total. The number of hydrogen-bond donors (Lipinski definition) is 0. The highest BCUT2D eigenvalue weighted by atomic mass is 32.1. The van der Waals surface area contributed by atoms with E-state index < -0.39 is 0 Å². The van der Waals surface area contributed by atoms with Gasteiger partial charge in [-0.25, -0.2) is 4.98 Å². The van der Waals surface area contributed by atoms with Crippen molar-refractivity contribution in [3.8, 4) is 33.7 Å². The van der Waals surface area contributed by atoms with Crippen molar-refractivity contribution in [1.29, 1.82) is 0 Å². The normalized spacial score (nSPS) is 12.1. The maximum Gasteiger partial charge on any atom is 0.146 e. The highest BCUT2D eigenvalue weighted by molar-refractivity contribution is 7.25. The van der Waals surface area contributed by atoms with Crippen molar-refractivity contribution in [2.75, 3.05) is 0 Å². The maximum atomic E-state index is 6.97. The lowest BCUT2D eigenvalue weighted by atomic mass is 9.85. The van der Waals surface area contributed by atoms with Crippen molar-refractivity contribution < 1.29 is 4.42 Å². The van der Waals surface area contributed by atoms with Crippen LogP contribution in [0.4, 0.5) is 0 Å². The zero-order valence-corrected chi connectivity index (χ0v) is 24.4. The van der Waals surface area contributed by atoms with Crippen LogP contribution >= 0.6 is 11.3 Å². The molecule has 2 aliphatic rings. The van der Waals surface area contributed by atoms with Gasteiger partial charge in [-0.05, 0) is 63.0 Å². The van der Waals surface area contributed by atoms with Gasteiger partial charge in [0.15, 0.2) is 0 Å². The van der Waals surface area contributed by atoms with Crippen molar-refractivity contribution in [2.45, 2.75) is 0 Å². The van der Waals surface area contributed by atoms with Crippen molar-refractivity contribution in [3.63, 3.8) is 0 Å². The first-order valence-electron chi connectivity index (χ1n) is 14.9. The van der Waals surface area contributed by atoms with Gasteiger partial charge in [0.25, 0.3) is 0 Å². The molecule has 0 bridgehead atoms. The Morgan fingerprint density at radius 2 is 1.00 bits per heavy atom. The number of para-hydroxylation sites is 2. The average Bonchev–Trinajstić information content (AvgIpc) is 3.66. The Hall–Kier alpha value is -5.51. The van der Waals surface area contributed by atoms with Gasteiger partial charge >= 0.3 is 0 Å². The minimum atomic E-state index is 0.838. The van der Waals surface area contributed by atoms with E-state index in [1.165, 1.54) is 52.8 Å². The number of thiophene rings is 1. The standard InChI is InChI=1S/C41H23NOS/c1-3-14-26-24(12-1)36(31-19-11-23-35-37(31)30-18-7-10-22-34(30)44-35)25-13-2-4-15-27(25)38(26)41-39-28-16-5-8-20-32(28)42-40(39)29-17-6-9-21-33(29)43-41/h1-23H. The number of benzene rings is 7. The average molecular weight is 578 g/mol. The van der Waals surface area contributed by atoms with Gasteiger partial charge in [-0.15, -0.1) is 11.3 Å². The second-order valence-corrected chi connectivity index (χ2v) is 12.5. The first kappa shape index (κ1) is 24.0. The largest absolute Gasteiger partial charge is 0.455 e. The van der Waals surface area contributed by atoms with Crippen LogP contribution in [-0.2, 0) is 0 Å². The molecule has 2 aliphatic heterocycles. The van der Waals surface area contributed by atoms with Crippen LogP contribution in [-0.4, -0.2) is 4.98 Å². The van der Waals surface area contributed by atoms with Crippen molar-refractivity contribution >= 4 is 74.9 Å². The van der Waals surface area contributed by atoms with Gasteiger partial charge in [0, 0.05) is 36.5 Å². The zero-order valence-electron chi connectivity index (χ0n) is 23.5. The monoisotopic (exact) mass is 577 g/mol. The summed E-state index contributed by atoms with van der Waals surface area (Å²) < 4.78 is 9.59. The van der Waals surface area contributed by atoms with Crippen LogP contribution in [0, 0.1) is 0 Å². The molecule has 10 rings (SSSR count). The van der Waals surface area contributed by atoms with Crippen molar-refractivity contribution in [1.82, 2.24) is 4.98 Å². The lowest BCUT2D eigenvalue weighted by Crippen LogP contribution is -1.94. The molecule has 3 heteroatoms. The second kappa shape index (κ2) is 9.00. The summed E-state index contributed by atoms with van der Waals surface area (Å²) in [6.07, 6.45) is 0. The molecule has 0 unspecified atom stereocenters. The van der Waals surface area contributed by atoms with Crippen LogP contribution in [0.2, 0.25) is 0 Å². The highest BCUT2D eigenvalue weighted by Crippen LogP contribution is 2.51.